The molecular formula is C28H46O6. The molecule has 1 spiro atoms. The van der Waals surface area contributed by atoms with E-state index in [0.717, 1.165) is 19.3 Å². The largest absolute Gasteiger partial charge is 0.393 e. The second-order valence-corrected chi connectivity index (χ2v) is 14.5. The van der Waals surface area contributed by atoms with E-state index >= 15 is 0 Å². The summed E-state index contributed by atoms with van der Waals surface area (Å²) in [6.07, 6.45) is 3.60. The van der Waals surface area contributed by atoms with Crippen molar-refractivity contribution in [3.63, 3.8) is 0 Å². The molecule has 34 heavy (non-hydrogen) atoms. The predicted molar refractivity (Wildman–Crippen MR) is 127 cm³/mol. The van der Waals surface area contributed by atoms with E-state index in [2.05, 4.69) is 34.6 Å². The highest BCUT2D eigenvalue weighted by atomic mass is 16.7. The van der Waals surface area contributed by atoms with Crippen molar-refractivity contribution in [1.82, 2.24) is 0 Å². The van der Waals surface area contributed by atoms with Gasteiger partial charge >= 0.3 is 0 Å². The molecule has 0 aromatic carbocycles. The van der Waals surface area contributed by atoms with Crippen molar-refractivity contribution < 1.29 is 29.9 Å². The van der Waals surface area contributed by atoms with Gasteiger partial charge in [0.2, 0.25) is 0 Å². The van der Waals surface area contributed by atoms with Crippen LogP contribution in [0.5, 0.6) is 0 Å². The molecule has 0 unspecified atom stereocenters. The zero-order chi connectivity index (χ0) is 24.6. The Hall–Kier alpha value is -0.240. The molecule has 14 atom stereocenters. The van der Waals surface area contributed by atoms with Crippen molar-refractivity contribution in [3.05, 3.63) is 0 Å². The first-order valence-electron chi connectivity index (χ1n) is 13.8. The van der Waals surface area contributed by atoms with Gasteiger partial charge in [-0.25, -0.2) is 0 Å². The van der Waals surface area contributed by atoms with Crippen LogP contribution in [0.3, 0.4) is 0 Å². The molecule has 0 amide bonds. The van der Waals surface area contributed by atoms with Crippen LogP contribution in [0.2, 0.25) is 0 Å². The van der Waals surface area contributed by atoms with Gasteiger partial charge in [0.1, 0.15) is 5.60 Å². The number of ether oxygens (including phenoxy) is 2. The maximum Gasteiger partial charge on any atom is 0.198 e. The monoisotopic (exact) mass is 478 g/mol. The van der Waals surface area contributed by atoms with Gasteiger partial charge in [0.05, 0.1) is 30.0 Å². The van der Waals surface area contributed by atoms with Gasteiger partial charge in [-0.05, 0) is 99.7 Å². The number of aliphatic hydroxyl groups excluding tert-OH is 3. The van der Waals surface area contributed by atoms with Crippen LogP contribution in [-0.4, -0.2) is 61.8 Å². The minimum absolute atomic E-state index is 0.0682. The summed E-state index contributed by atoms with van der Waals surface area (Å²) in [5.74, 6) is 0.397. The summed E-state index contributed by atoms with van der Waals surface area (Å²) < 4.78 is 13.3. The maximum atomic E-state index is 12.2. The molecule has 194 valence electrons. The van der Waals surface area contributed by atoms with Gasteiger partial charge < -0.3 is 29.9 Å². The van der Waals surface area contributed by atoms with E-state index < -0.39 is 29.7 Å². The van der Waals surface area contributed by atoms with Crippen LogP contribution in [0.4, 0.5) is 0 Å². The summed E-state index contributed by atoms with van der Waals surface area (Å²) in [4.78, 5) is 0. The Kier molecular flexibility index (Phi) is 4.96. The highest BCUT2D eigenvalue weighted by molar-refractivity contribution is 5.22. The van der Waals surface area contributed by atoms with Gasteiger partial charge in [-0.2, -0.15) is 0 Å². The molecule has 4 saturated carbocycles. The Bertz CT molecular complexity index is 858. The van der Waals surface area contributed by atoms with E-state index in [1.165, 1.54) is 0 Å². The Balaban J connectivity index is 1.34. The first kappa shape index (κ1) is 24.1. The van der Waals surface area contributed by atoms with Crippen LogP contribution in [-0.2, 0) is 9.47 Å². The van der Waals surface area contributed by atoms with Crippen molar-refractivity contribution in [2.75, 3.05) is 0 Å². The first-order valence-corrected chi connectivity index (χ1v) is 13.8. The zero-order valence-electron chi connectivity index (χ0n) is 21.8. The second-order valence-electron chi connectivity index (χ2n) is 14.5. The Morgan fingerprint density at radius 3 is 2.12 bits per heavy atom. The van der Waals surface area contributed by atoms with Crippen LogP contribution in [0.1, 0.15) is 86.5 Å². The average Bonchev–Trinajstić information content (AvgIpc) is 3.20. The van der Waals surface area contributed by atoms with Crippen LogP contribution < -0.4 is 0 Å². The topological polar surface area (TPSA) is 99.4 Å². The van der Waals surface area contributed by atoms with Crippen LogP contribution >= 0.6 is 0 Å². The summed E-state index contributed by atoms with van der Waals surface area (Å²) >= 11 is 0. The summed E-state index contributed by atoms with van der Waals surface area (Å²) in [6.45, 7) is 12.8. The lowest BCUT2D eigenvalue weighted by Crippen LogP contribution is -2.63. The third-order valence-corrected chi connectivity index (χ3v) is 12.5. The normalized spacial score (nSPS) is 64.4. The van der Waals surface area contributed by atoms with Gasteiger partial charge in [0.25, 0.3) is 0 Å². The molecule has 0 aromatic rings. The molecule has 6 fully saturated rings. The standard InChI is InChI=1S/C28H46O6/c1-14-11-28(34-24(14,2)3)27(6,32)23-21(33-28)10-17-16-8-7-15-9-18(29)19(30)12-25(15,4)22(16)20(31)13-26(17,23)5/h14-23,29-32H,7-13H2,1-6H3/t14-,15-,16-,17-,18-,19+,20-,21+,22+,23-,25-,26-,27+,28+/m0/s1. The van der Waals surface area contributed by atoms with E-state index in [9.17, 15) is 20.4 Å². The van der Waals surface area contributed by atoms with Crippen molar-refractivity contribution in [1.29, 1.82) is 0 Å². The fourth-order valence-corrected chi connectivity index (χ4v) is 10.7. The number of hydrogen-bond acceptors (Lipinski definition) is 6. The van der Waals surface area contributed by atoms with Crippen molar-refractivity contribution in [2.24, 2.45) is 46.3 Å². The minimum Gasteiger partial charge on any atom is -0.393 e. The molecule has 6 nitrogen and oxygen atoms in total. The van der Waals surface area contributed by atoms with Crippen LogP contribution in [0, 0.1) is 46.3 Å². The highest BCUT2D eigenvalue weighted by Gasteiger charge is 2.77. The molecular weight excluding hydrogens is 432 g/mol. The lowest BCUT2D eigenvalue weighted by molar-refractivity contribution is -0.300. The minimum atomic E-state index is -1.12. The Morgan fingerprint density at radius 2 is 1.47 bits per heavy atom. The van der Waals surface area contributed by atoms with Gasteiger partial charge in [-0.1, -0.05) is 20.8 Å². The van der Waals surface area contributed by atoms with Crippen molar-refractivity contribution in [3.8, 4) is 0 Å². The molecule has 0 radical (unpaired) electrons. The SMILES string of the molecule is C[C@H]1C[C@@]2(O[C@@H]3C[C@H]4[C@@H]5CC[C@H]6C[C@H](O)[C@H](O)C[C@]6(C)[C@H]5[C@@H](O)C[C@]4(C)[C@H]3[C@@]2(C)O)OC1(C)C. The Morgan fingerprint density at radius 1 is 0.794 bits per heavy atom. The highest BCUT2D eigenvalue weighted by Crippen LogP contribution is 2.72. The zero-order valence-corrected chi connectivity index (χ0v) is 21.8. The number of fused-ring (bicyclic) bond motifs is 7. The molecule has 6 aliphatic rings. The van der Waals surface area contributed by atoms with Gasteiger partial charge in [-0.15, -0.1) is 0 Å². The fourth-order valence-electron chi connectivity index (χ4n) is 10.7. The van der Waals surface area contributed by atoms with E-state index in [1.54, 1.807) is 0 Å². The molecule has 6 heteroatoms. The van der Waals surface area contributed by atoms with E-state index in [4.69, 9.17) is 9.47 Å². The third-order valence-electron chi connectivity index (χ3n) is 12.5. The quantitative estimate of drug-likeness (QED) is 0.427. The number of rotatable bonds is 0. The molecule has 4 N–H and O–H groups in total. The second kappa shape index (κ2) is 6.99. The molecule has 2 saturated heterocycles. The first-order chi connectivity index (χ1) is 15.7. The molecule has 4 aliphatic carbocycles. The van der Waals surface area contributed by atoms with E-state index in [1.807, 2.05) is 6.92 Å². The van der Waals surface area contributed by atoms with Crippen molar-refractivity contribution in [2.45, 2.75) is 128 Å². The molecule has 0 aromatic heterocycles. The molecule has 2 aliphatic heterocycles. The Labute approximate surface area is 204 Å². The molecule has 2 heterocycles. The summed E-state index contributed by atoms with van der Waals surface area (Å²) in [6, 6.07) is 0. The predicted octanol–water partition coefficient (Wildman–Crippen LogP) is 3.24. The maximum absolute atomic E-state index is 12.2. The van der Waals surface area contributed by atoms with Gasteiger partial charge in [0.15, 0.2) is 5.79 Å². The van der Waals surface area contributed by atoms with Gasteiger partial charge in [0, 0.05) is 12.3 Å². The summed E-state index contributed by atoms with van der Waals surface area (Å²) in [7, 11) is 0. The average molecular weight is 479 g/mol. The smallest absolute Gasteiger partial charge is 0.198 e. The van der Waals surface area contributed by atoms with Crippen molar-refractivity contribution >= 4 is 0 Å². The lowest BCUT2D eigenvalue weighted by Gasteiger charge is -2.63. The van der Waals surface area contributed by atoms with Crippen LogP contribution in [0.15, 0.2) is 0 Å². The van der Waals surface area contributed by atoms with Gasteiger partial charge in [-0.3, -0.25) is 0 Å². The summed E-state index contributed by atoms with van der Waals surface area (Å²) in [5, 5.41) is 44.8. The number of aliphatic hydroxyl groups is 4. The number of hydrogen-bond donors (Lipinski definition) is 4. The summed E-state index contributed by atoms with van der Waals surface area (Å²) in [5.41, 5.74) is -1.87. The van der Waals surface area contributed by atoms with E-state index in [-0.39, 0.29) is 40.3 Å². The van der Waals surface area contributed by atoms with E-state index in [0.29, 0.717) is 43.4 Å². The molecule has 6 rings (SSSR count). The lowest BCUT2D eigenvalue weighted by atomic mass is 9.43. The fraction of sp³-hybridized carbons (Fsp3) is 1.00. The third kappa shape index (κ3) is 2.79. The molecule has 0 bridgehead atoms. The van der Waals surface area contributed by atoms with Crippen LogP contribution in [0.25, 0.3) is 0 Å².